The van der Waals surface area contributed by atoms with E-state index in [1.165, 1.54) is 0 Å². The molecule has 2 amide bonds. The van der Waals surface area contributed by atoms with E-state index in [2.05, 4.69) is 0 Å². The third-order valence-electron chi connectivity index (χ3n) is 7.95. The van der Waals surface area contributed by atoms with E-state index in [-0.39, 0.29) is 11.8 Å². The van der Waals surface area contributed by atoms with Crippen molar-refractivity contribution in [2.24, 2.45) is 0 Å². The molecule has 15 heteroatoms. The van der Waals surface area contributed by atoms with Crippen molar-refractivity contribution in [3.63, 3.8) is 0 Å². The van der Waals surface area contributed by atoms with Crippen molar-refractivity contribution in [2.45, 2.75) is 77.8 Å². The molecular weight excluding hydrogens is 631 g/mol. The Morgan fingerprint density at radius 3 is 0.800 bits per heavy atom. The molecule has 0 unspecified atom stereocenters. The Morgan fingerprint density at radius 1 is 0.422 bits per heavy atom. The third kappa shape index (κ3) is 11.1. The average Bonchev–Trinajstić information content (AvgIpc) is 3.17. The van der Waals surface area contributed by atoms with Crippen LogP contribution in [0.1, 0.15) is 55.4 Å². The standard InChI is InChI=1S/C30H56Cl2N4O9/c1-27(2)25(37)33(29(5,6)35(27)31)9-11-39-13-15-41-17-19-43-21-23-45-24-22-44-20-18-42-16-14-40-12-10-34-26(38)28(3,4)36(32)30(34,7)8/h9-24H2,1-8H3. The molecule has 0 aromatic carbocycles. The molecule has 13 nitrogen and oxygen atoms in total. The first kappa shape index (κ1) is 40.3. The van der Waals surface area contributed by atoms with Crippen LogP contribution in [-0.4, -0.2) is 158 Å². The normalized spacial score (nSPS) is 21.0. The lowest BCUT2D eigenvalue weighted by Crippen LogP contribution is -2.47. The van der Waals surface area contributed by atoms with Crippen LogP contribution in [0.2, 0.25) is 0 Å². The summed E-state index contributed by atoms with van der Waals surface area (Å²) in [6, 6.07) is 0. The number of amides is 2. The van der Waals surface area contributed by atoms with Gasteiger partial charge in [-0.1, -0.05) is 0 Å². The predicted octanol–water partition coefficient (Wildman–Crippen LogP) is 2.73. The van der Waals surface area contributed by atoms with Crippen molar-refractivity contribution >= 4 is 35.4 Å². The van der Waals surface area contributed by atoms with Gasteiger partial charge in [0, 0.05) is 13.1 Å². The number of ether oxygens (including phenoxy) is 7. The van der Waals surface area contributed by atoms with Crippen LogP contribution in [0.3, 0.4) is 0 Å². The molecule has 0 N–H and O–H groups in total. The Morgan fingerprint density at radius 2 is 0.622 bits per heavy atom. The number of hydrogen-bond donors (Lipinski definition) is 0. The topological polar surface area (TPSA) is 112 Å². The second kappa shape index (κ2) is 18.6. The maximum Gasteiger partial charge on any atom is 0.245 e. The first-order chi connectivity index (χ1) is 21.1. The summed E-state index contributed by atoms with van der Waals surface area (Å²) in [6.07, 6.45) is 0. The minimum atomic E-state index is -0.745. The Labute approximate surface area is 279 Å². The van der Waals surface area contributed by atoms with Gasteiger partial charge < -0.3 is 43.0 Å². The van der Waals surface area contributed by atoms with Crippen molar-refractivity contribution in [2.75, 3.05) is 106 Å². The molecule has 264 valence electrons. The molecule has 0 aliphatic carbocycles. The number of rotatable bonds is 24. The van der Waals surface area contributed by atoms with Gasteiger partial charge in [0.15, 0.2) is 0 Å². The van der Waals surface area contributed by atoms with Crippen LogP contribution in [0.25, 0.3) is 0 Å². The number of carbonyl (C=O) groups is 2. The Kier molecular flexibility index (Phi) is 16.7. The molecule has 0 saturated carbocycles. The number of carbonyl (C=O) groups excluding carboxylic acids is 2. The maximum atomic E-state index is 12.6. The van der Waals surface area contributed by atoms with Crippen LogP contribution < -0.4 is 0 Å². The minimum absolute atomic E-state index is 0.0107. The van der Waals surface area contributed by atoms with Crippen molar-refractivity contribution in [3.8, 4) is 0 Å². The first-order valence-electron chi connectivity index (χ1n) is 15.7. The number of halogens is 2. The van der Waals surface area contributed by atoms with E-state index in [1.54, 1.807) is 18.6 Å². The third-order valence-corrected chi connectivity index (χ3v) is 9.62. The molecule has 0 atom stereocenters. The first-order valence-corrected chi connectivity index (χ1v) is 16.4. The second-order valence-electron chi connectivity index (χ2n) is 12.9. The van der Waals surface area contributed by atoms with Gasteiger partial charge in [-0.25, -0.2) is 0 Å². The zero-order valence-electron chi connectivity index (χ0n) is 28.5. The van der Waals surface area contributed by atoms with Crippen LogP contribution >= 0.6 is 23.6 Å². The van der Waals surface area contributed by atoms with Gasteiger partial charge in [0.2, 0.25) is 11.8 Å². The summed E-state index contributed by atoms with van der Waals surface area (Å²) in [7, 11) is 0. The number of hydrogen-bond acceptors (Lipinski definition) is 11. The van der Waals surface area contributed by atoms with Crippen molar-refractivity contribution < 1.29 is 42.7 Å². The largest absolute Gasteiger partial charge is 0.377 e. The molecule has 0 bridgehead atoms. The quantitative estimate of drug-likeness (QED) is 0.110. The van der Waals surface area contributed by atoms with Crippen LogP contribution in [0.5, 0.6) is 0 Å². The fraction of sp³-hybridized carbons (Fsp3) is 0.933. The Bertz CT molecular complexity index is 841. The van der Waals surface area contributed by atoms with E-state index >= 15 is 0 Å². The summed E-state index contributed by atoms with van der Waals surface area (Å²) in [4.78, 5) is 28.8. The van der Waals surface area contributed by atoms with Crippen molar-refractivity contribution in [3.05, 3.63) is 0 Å². The van der Waals surface area contributed by atoms with Crippen molar-refractivity contribution in [1.29, 1.82) is 0 Å². The summed E-state index contributed by atoms with van der Waals surface area (Å²) in [5.41, 5.74) is -2.64. The van der Waals surface area contributed by atoms with E-state index in [4.69, 9.17) is 56.7 Å². The van der Waals surface area contributed by atoms with Gasteiger partial charge in [-0.15, -0.1) is 0 Å². The minimum Gasteiger partial charge on any atom is -0.377 e. The fourth-order valence-corrected chi connectivity index (χ4v) is 5.72. The lowest BCUT2D eigenvalue weighted by atomic mass is 10.1. The van der Waals surface area contributed by atoms with Gasteiger partial charge in [0.1, 0.15) is 22.4 Å². The van der Waals surface area contributed by atoms with E-state index < -0.39 is 22.4 Å². The van der Waals surface area contributed by atoms with Crippen LogP contribution in [-0.2, 0) is 42.7 Å². The van der Waals surface area contributed by atoms with Crippen LogP contribution in [0, 0.1) is 0 Å². The van der Waals surface area contributed by atoms with Gasteiger partial charge in [-0.05, 0) is 78.9 Å². The molecule has 2 fully saturated rings. The predicted molar refractivity (Wildman–Crippen MR) is 171 cm³/mol. The second-order valence-corrected chi connectivity index (χ2v) is 13.5. The molecule has 2 saturated heterocycles. The summed E-state index contributed by atoms with van der Waals surface area (Å²) in [5.74, 6) is -0.0213. The molecule has 0 radical (unpaired) electrons. The zero-order chi connectivity index (χ0) is 33.7. The molecule has 0 aromatic rings. The highest BCUT2D eigenvalue weighted by atomic mass is 35.5. The maximum absolute atomic E-state index is 12.6. The summed E-state index contributed by atoms with van der Waals surface area (Å²) < 4.78 is 41.9. The van der Waals surface area contributed by atoms with E-state index in [1.807, 2.05) is 55.4 Å². The van der Waals surface area contributed by atoms with Crippen LogP contribution in [0.15, 0.2) is 0 Å². The number of nitrogens with zero attached hydrogens (tertiary/aromatic N) is 4. The lowest BCUT2D eigenvalue weighted by molar-refractivity contribution is -0.135. The Balaban J connectivity index is 1.30. The highest BCUT2D eigenvalue weighted by Gasteiger charge is 2.56. The van der Waals surface area contributed by atoms with Gasteiger partial charge >= 0.3 is 0 Å². The van der Waals surface area contributed by atoms with Crippen molar-refractivity contribution in [1.82, 2.24) is 18.6 Å². The highest BCUT2D eigenvalue weighted by Crippen LogP contribution is 2.40. The summed E-state index contributed by atoms with van der Waals surface area (Å²) in [5, 5.41) is 0. The van der Waals surface area contributed by atoms with Gasteiger partial charge in [0.05, 0.1) is 92.5 Å². The van der Waals surface area contributed by atoms with Gasteiger partial charge in [-0.3, -0.25) is 9.59 Å². The Hall–Kier alpha value is -0.840. The molecule has 2 aliphatic rings. The van der Waals surface area contributed by atoms with E-state index in [0.29, 0.717) is 106 Å². The van der Waals surface area contributed by atoms with E-state index in [9.17, 15) is 9.59 Å². The van der Waals surface area contributed by atoms with Gasteiger partial charge in [-0.2, -0.15) is 8.84 Å². The SMILES string of the molecule is CC1(C)C(=O)N(CCOCCOCCOCCOCCOCCOCCOCCN2C(=O)C(C)(C)N(Cl)C2(C)C)C(C)(C)N1Cl. The van der Waals surface area contributed by atoms with Crippen LogP contribution in [0.4, 0.5) is 0 Å². The average molecular weight is 688 g/mol. The molecule has 0 spiro atoms. The molecule has 2 heterocycles. The molecule has 2 aliphatic heterocycles. The highest BCUT2D eigenvalue weighted by molar-refractivity contribution is 6.17. The molecule has 45 heavy (non-hydrogen) atoms. The molecular formula is C30H56Cl2N4O9. The lowest BCUT2D eigenvalue weighted by Gasteiger charge is -2.35. The summed E-state index contributed by atoms with van der Waals surface area (Å²) >= 11 is 12.8. The zero-order valence-corrected chi connectivity index (χ0v) is 30.0. The van der Waals surface area contributed by atoms with Gasteiger partial charge in [0.25, 0.3) is 0 Å². The molecule has 2 rings (SSSR count). The fourth-order valence-electron chi connectivity index (χ4n) is 5.39. The van der Waals surface area contributed by atoms with E-state index in [0.717, 1.165) is 0 Å². The monoisotopic (exact) mass is 686 g/mol. The molecule has 0 aromatic heterocycles. The summed E-state index contributed by atoms with van der Waals surface area (Å²) in [6.45, 7) is 22.3. The smallest absolute Gasteiger partial charge is 0.245 e.